The second-order valence-electron chi connectivity index (χ2n) is 9.20. The number of carbonyl (C=O) groups excluding carboxylic acids is 2. The van der Waals surface area contributed by atoms with Gasteiger partial charge >= 0.3 is 6.09 Å². The van der Waals surface area contributed by atoms with E-state index in [1.165, 1.54) is 7.11 Å². The molecule has 2 amide bonds. The topological polar surface area (TPSA) is 71.0 Å². The molecule has 172 valence electrons. The van der Waals surface area contributed by atoms with Gasteiger partial charge in [-0.25, -0.2) is 4.79 Å². The highest BCUT2D eigenvalue weighted by molar-refractivity contribution is 6.04. The maximum absolute atomic E-state index is 13.3. The number of benzene rings is 2. The fourth-order valence-corrected chi connectivity index (χ4v) is 4.97. The lowest BCUT2D eigenvalue weighted by atomic mass is 9.98. The van der Waals surface area contributed by atoms with Gasteiger partial charge in [0.25, 0.3) is 0 Å². The van der Waals surface area contributed by atoms with Gasteiger partial charge in [0.1, 0.15) is 6.04 Å². The Morgan fingerprint density at radius 3 is 2.67 bits per heavy atom. The van der Waals surface area contributed by atoms with E-state index in [9.17, 15) is 9.59 Å². The normalized spacial score (nSPS) is 21.1. The zero-order valence-electron chi connectivity index (χ0n) is 19.5. The molecule has 0 bridgehead atoms. The third-order valence-electron chi connectivity index (χ3n) is 6.76. The lowest BCUT2D eigenvalue weighted by Gasteiger charge is -2.32. The van der Waals surface area contributed by atoms with Crippen LogP contribution >= 0.6 is 0 Å². The van der Waals surface area contributed by atoms with Crippen LogP contribution in [0.4, 0.5) is 4.79 Å². The highest BCUT2D eigenvalue weighted by Crippen LogP contribution is 2.31. The van der Waals surface area contributed by atoms with Gasteiger partial charge in [0.2, 0.25) is 5.91 Å². The first kappa shape index (κ1) is 22.8. The number of carbonyl (C=O) groups is 2. The minimum Gasteiger partial charge on any atom is -0.453 e. The van der Waals surface area contributed by atoms with E-state index in [1.807, 2.05) is 30.9 Å². The van der Waals surface area contributed by atoms with Crippen molar-refractivity contribution in [2.24, 2.45) is 10.9 Å². The van der Waals surface area contributed by atoms with Gasteiger partial charge in [0.05, 0.1) is 19.2 Å². The van der Waals surface area contributed by atoms with Crippen molar-refractivity contribution in [2.75, 3.05) is 13.7 Å². The van der Waals surface area contributed by atoms with E-state index in [0.29, 0.717) is 6.54 Å². The van der Waals surface area contributed by atoms with Crippen LogP contribution in [0, 0.1) is 18.3 Å². The Kier molecular flexibility index (Phi) is 6.69. The van der Waals surface area contributed by atoms with Gasteiger partial charge in [-0.1, -0.05) is 38.0 Å². The zero-order chi connectivity index (χ0) is 23.5. The molecule has 33 heavy (non-hydrogen) atoms. The Bertz CT molecular complexity index is 1130. The predicted octanol–water partition coefficient (Wildman–Crippen LogP) is 4.14. The summed E-state index contributed by atoms with van der Waals surface area (Å²) >= 11 is 0. The molecule has 2 heterocycles. The second kappa shape index (κ2) is 9.66. The molecule has 0 aromatic heterocycles. The summed E-state index contributed by atoms with van der Waals surface area (Å²) in [6.07, 6.45) is 8.65. The number of amides is 2. The number of terminal acetylenes is 1. The van der Waals surface area contributed by atoms with E-state index >= 15 is 0 Å². The fourth-order valence-electron chi connectivity index (χ4n) is 4.97. The molecule has 0 spiro atoms. The number of nitrogens with zero attached hydrogens (tertiary/aromatic N) is 2. The Morgan fingerprint density at radius 1 is 1.18 bits per heavy atom. The molecule has 6 heteroatoms. The molecule has 0 aliphatic carbocycles. The Balaban J connectivity index is 1.53. The van der Waals surface area contributed by atoms with Gasteiger partial charge in [0.15, 0.2) is 0 Å². The van der Waals surface area contributed by atoms with Crippen molar-refractivity contribution in [2.45, 2.75) is 57.7 Å². The summed E-state index contributed by atoms with van der Waals surface area (Å²) in [7, 11) is 1.31. The molecule has 2 aliphatic rings. The highest BCUT2D eigenvalue weighted by atomic mass is 16.5. The fraction of sp³-hybridized carbons (Fsp3) is 0.444. The maximum Gasteiger partial charge on any atom is 0.407 e. The van der Waals surface area contributed by atoms with Crippen molar-refractivity contribution < 1.29 is 14.3 Å². The Morgan fingerprint density at radius 2 is 1.94 bits per heavy atom. The van der Waals surface area contributed by atoms with E-state index in [2.05, 4.69) is 35.5 Å². The third-order valence-corrected chi connectivity index (χ3v) is 6.76. The zero-order valence-corrected chi connectivity index (χ0v) is 19.5. The number of hydrogen-bond acceptors (Lipinski definition) is 4. The molecular weight excluding hydrogens is 414 g/mol. The Labute approximate surface area is 195 Å². The van der Waals surface area contributed by atoms with Crippen molar-refractivity contribution in [3.63, 3.8) is 0 Å². The smallest absolute Gasteiger partial charge is 0.407 e. The number of rotatable bonds is 5. The summed E-state index contributed by atoms with van der Waals surface area (Å²) in [4.78, 5) is 32.1. The Hall–Kier alpha value is -3.33. The van der Waals surface area contributed by atoms with Crippen LogP contribution in [0.2, 0.25) is 0 Å². The quantitative estimate of drug-likeness (QED) is 0.703. The maximum atomic E-state index is 13.3. The van der Waals surface area contributed by atoms with Crippen molar-refractivity contribution in [1.82, 2.24) is 10.2 Å². The van der Waals surface area contributed by atoms with Gasteiger partial charge in [-0.05, 0) is 66.1 Å². The van der Waals surface area contributed by atoms with E-state index in [0.717, 1.165) is 53.3 Å². The average Bonchev–Trinajstić information content (AvgIpc) is 3.50. The minimum absolute atomic E-state index is 0.0342. The molecule has 1 fully saturated rings. The number of alkyl carbamates (subject to hydrolysis) is 1. The number of ether oxygens (including phenoxy) is 1. The lowest BCUT2D eigenvalue weighted by Crippen LogP contribution is -2.54. The van der Waals surface area contributed by atoms with Gasteiger partial charge in [-0.2, -0.15) is 0 Å². The van der Waals surface area contributed by atoms with Crippen molar-refractivity contribution in [1.29, 1.82) is 0 Å². The summed E-state index contributed by atoms with van der Waals surface area (Å²) < 4.78 is 4.72. The predicted molar refractivity (Wildman–Crippen MR) is 130 cm³/mol. The van der Waals surface area contributed by atoms with E-state index in [4.69, 9.17) is 16.2 Å². The summed E-state index contributed by atoms with van der Waals surface area (Å²) in [6.45, 7) is 4.56. The number of methoxy groups -OCH3 is 1. The summed E-state index contributed by atoms with van der Waals surface area (Å²) in [5.74, 6) is 2.60. The summed E-state index contributed by atoms with van der Waals surface area (Å²) in [5.41, 5.74) is 3.10. The first-order valence-corrected chi connectivity index (χ1v) is 11.6. The average molecular weight is 446 g/mol. The van der Waals surface area contributed by atoms with Crippen LogP contribution in [0.1, 0.15) is 50.7 Å². The molecule has 1 saturated heterocycles. The van der Waals surface area contributed by atoms with Crippen LogP contribution < -0.4 is 5.32 Å². The highest BCUT2D eigenvalue weighted by Gasteiger charge is 2.40. The standard InChI is InChI=1S/C27H31N3O3/c1-5-18-8-9-20-16-21(11-10-19(20)15-18)22-12-13-23(28-22)24-7-6-14-30(24)26(31)25(17(2)3)29-27(32)33-4/h1,8-11,15-17,23-25H,6-7,12-14H2,2-4H3,(H,29,32). The van der Waals surface area contributed by atoms with Gasteiger partial charge in [0, 0.05) is 17.8 Å². The summed E-state index contributed by atoms with van der Waals surface area (Å²) in [6, 6.07) is 12.0. The van der Waals surface area contributed by atoms with Gasteiger partial charge in [-0.15, -0.1) is 6.42 Å². The molecule has 0 saturated carbocycles. The van der Waals surface area contributed by atoms with Crippen LogP contribution in [0.5, 0.6) is 0 Å². The van der Waals surface area contributed by atoms with E-state index < -0.39 is 12.1 Å². The largest absolute Gasteiger partial charge is 0.453 e. The van der Waals surface area contributed by atoms with Crippen LogP contribution in [-0.2, 0) is 9.53 Å². The molecule has 3 unspecified atom stereocenters. The molecule has 4 rings (SSSR count). The molecule has 2 aliphatic heterocycles. The van der Waals surface area contributed by atoms with Crippen LogP contribution in [0.3, 0.4) is 0 Å². The van der Waals surface area contributed by atoms with Gasteiger partial charge in [-0.3, -0.25) is 9.79 Å². The molecule has 2 aromatic carbocycles. The van der Waals surface area contributed by atoms with Crippen molar-refractivity contribution in [3.05, 3.63) is 47.5 Å². The molecular formula is C27H31N3O3. The molecule has 2 aromatic rings. The first-order valence-electron chi connectivity index (χ1n) is 11.6. The molecule has 3 atom stereocenters. The molecule has 1 N–H and O–H groups in total. The molecule has 6 nitrogen and oxygen atoms in total. The van der Waals surface area contributed by atoms with E-state index in [-0.39, 0.29) is 23.9 Å². The van der Waals surface area contributed by atoms with Crippen LogP contribution in [-0.4, -0.2) is 54.4 Å². The lowest BCUT2D eigenvalue weighted by molar-refractivity contribution is -0.135. The van der Waals surface area contributed by atoms with E-state index in [1.54, 1.807) is 0 Å². The summed E-state index contributed by atoms with van der Waals surface area (Å²) in [5, 5.41) is 4.98. The first-order chi connectivity index (χ1) is 15.9. The second-order valence-corrected chi connectivity index (χ2v) is 9.20. The van der Waals surface area contributed by atoms with Crippen LogP contribution in [0.25, 0.3) is 10.8 Å². The van der Waals surface area contributed by atoms with Crippen molar-refractivity contribution >= 4 is 28.5 Å². The number of likely N-dealkylation sites (tertiary alicyclic amines) is 1. The number of fused-ring (bicyclic) bond motifs is 1. The van der Waals surface area contributed by atoms with Gasteiger partial charge < -0.3 is 15.0 Å². The third kappa shape index (κ3) is 4.73. The van der Waals surface area contributed by atoms with Crippen LogP contribution in [0.15, 0.2) is 41.4 Å². The number of aliphatic imine (C=N–C) groups is 1. The molecule has 0 radical (unpaired) electrons. The minimum atomic E-state index is -0.601. The SMILES string of the molecule is C#Cc1ccc2cc(C3=NC(C4CCCN4C(=O)C(NC(=O)OC)C(C)C)CC3)ccc2c1. The number of hydrogen-bond donors (Lipinski definition) is 1. The number of nitrogens with one attached hydrogen (secondary N) is 1. The van der Waals surface area contributed by atoms with Crippen molar-refractivity contribution in [3.8, 4) is 12.3 Å². The monoisotopic (exact) mass is 445 g/mol.